The molecule has 0 bridgehead atoms. The monoisotopic (exact) mass is 470 g/mol. The lowest BCUT2D eigenvalue weighted by atomic mass is 10.1. The van der Waals surface area contributed by atoms with Crippen molar-refractivity contribution >= 4 is 22.8 Å². The first kappa shape index (κ1) is 22.8. The molecule has 0 aliphatic carbocycles. The first-order valence-corrected chi connectivity index (χ1v) is 11.6. The summed E-state index contributed by atoms with van der Waals surface area (Å²) in [4.78, 5) is 29.6. The number of ether oxygens (including phenoxy) is 3. The Morgan fingerprint density at radius 2 is 1.60 bits per heavy atom. The molecule has 3 unspecified atom stereocenters. The number of benzene rings is 2. The number of esters is 2. The topological polar surface area (TPSA) is 79.7 Å². The van der Waals surface area contributed by atoms with Gasteiger partial charge >= 0.3 is 11.9 Å². The predicted octanol–water partition coefficient (Wildman–Crippen LogP) is 5.02. The van der Waals surface area contributed by atoms with Crippen LogP contribution in [0.5, 0.6) is 0 Å². The largest absolute Gasteiger partial charge is 0.459 e. The smallest absolute Gasteiger partial charge is 0.338 e. The Balaban J connectivity index is 1.34. The third kappa shape index (κ3) is 4.95. The van der Waals surface area contributed by atoms with Crippen LogP contribution in [0.2, 0.25) is 0 Å². The van der Waals surface area contributed by atoms with Gasteiger partial charge in [-0.25, -0.2) is 9.59 Å². The summed E-state index contributed by atoms with van der Waals surface area (Å²) in [5, 5.41) is 0.985. The van der Waals surface area contributed by atoms with Gasteiger partial charge in [-0.3, -0.25) is 4.98 Å². The number of nitrogens with zero attached hydrogens (tertiary/aromatic N) is 2. The number of hydrogen-bond donors (Lipinski definition) is 0. The van der Waals surface area contributed by atoms with Crippen LogP contribution in [0, 0.1) is 13.8 Å². The molecule has 1 aliphatic rings. The zero-order valence-electron chi connectivity index (χ0n) is 19.6. The highest BCUT2D eigenvalue weighted by Crippen LogP contribution is 2.34. The molecule has 3 atom stereocenters. The van der Waals surface area contributed by atoms with E-state index in [1.165, 1.54) is 0 Å². The molecule has 5 rings (SSSR count). The standard InChI is InChI=1S/C28H26N2O5/c1-18-3-7-20(8-4-18)27(31)33-17-25-24(35-28(32)21-9-5-19(2)6-10-21)15-26(34-25)30-14-12-22-16-29-13-11-23(22)30/h3-14,16,24-26H,15,17H2,1-2H3. The maximum Gasteiger partial charge on any atom is 0.338 e. The Kier molecular flexibility index (Phi) is 6.33. The number of pyridine rings is 1. The second kappa shape index (κ2) is 9.72. The average Bonchev–Trinajstić information content (AvgIpc) is 3.47. The summed E-state index contributed by atoms with van der Waals surface area (Å²) in [6.07, 6.45) is 4.29. The molecule has 4 aromatic rings. The third-order valence-electron chi connectivity index (χ3n) is 6.22. The number of rotatable bonds is 6. The molecule has 35 heavy (non-hydrogen) atoms. The Morgan fingerprint density at radius 1 is 0.943 bits per heavy atom. The molecule has 0 saturated carbocycles. The summed E-state index contributed by atoms with van der Waals surface area (Å²) in [6, 6.07) is 18.3. The van der Waals surface area contributed by atoms with Gasteiger partial charge in [-0.1, -0.05) is 35.4 Å². The van der Waals surface area contributed by atoms with Crippen molar-refractivity contribution in [3.63, 3.8) is 0 Å². The summed E-state index contributed by atoms with van der Waals surface area (Å²) in [5.41, 5.74) is 4.00. The summed E-state index contributed by atoms with van der Waals surface area (Å²) >= 11 is 0. The molecule has 1 fully saturated rings. The van der Waals surface area contributed by atoms with E-state index in [0.717, 1.165) is 22.0 Å². The highest BCUT2D eigenvalue weighted by atomic mass is 16.6. The maximum atomic E-state index is 12.9. The third-order valence-corrected chi connectivity index (χ3v) is 6.22. The lowest BCUT2D eigenvalue weighted by molar-refractivity contribution is -0.0561. The Morgan fingerprint density at radius 3 is 2.29 bits per heavy atom. The number of hydrogen-bond acceptors (Lipinski definition) is 6. The molecule has 1 saturated heterocycles. The van der Waals surface area contributed by atoms with E-state index in [1.807, 2.05) is 61.0 Å². The zero-order valence-corrected chi connectivity index (χ0v) is 19.6. The van der Waals surface area contributed by atoms with Crippen molar-refractivity contribution in [3.05, 3.63) is 102 Å². The number of carbonyl (C=O) groups is 2. The molecule has 0 amide bonds. The SMILES string of the molecule is Cc1ccc(C(=O)OCC2OC(n3ccc4cnccc43)CC2OC(=O)c2ccc(C)cc2)cc1. The van der Waals surface area contributed by atoms with Gasteiger partial charge in [0.2, 0.25) is 0 Å². The van der Waals surface area contributed by atoms with Crippen LogP contribution in [-0.2, 0) is 14.2 Å². The quantitative estimate of drug-likeness (QED) is 0.368. The fraction of sp³-hybridized carbons (Fsp3) is 0.250. The first-order chi connectivity index (χ1) is 17.0. The molecule has 0 spiro atoms. The van der Waals surface area contributed by atoms with Crippen molar-refractivity contribution in [2.24, 2.45) is 0 Å². The van der Waals surface area contributed by atoms with Gasteiger partial charge in [0.05, 0.1) is 16.6 Å². The van der Waals surface area contributed by atoms with Gasteiger partial charge in [0.1, 0.15) is 25.0 Å². The minimum Gasteiger partial charge on any atom is -0.459 e. The van der Waals surface area contributed by atoms with E-state index in [0.29, 0.717) is 17.5 Å². The van der Waals surface area contributed by atoms with Crippen molar-refractivity contribution in [2.75, 3.05) is 6.61 Å². The fourth-order valence-corrected chi connectivity index (χ4v) is 4.23. The van der Waals surface area contributed by atoms with Crippen molar-refractivity contribution < 1.29 is 23.8 Å². The van der Waals surface area contributed by atoms with E-state index in [9.17, 15) is 9.59 Å². The van der Waals surface area contributed by atoms with Gasteiger partial charge in [0, 0.05) is 30.4 Å². The molecule has 1 aliphatic heterocycles. The highest BCUT2D eigenvalue weighted by Gasteiger charge is 2.40. The minimum atomic E-state index is -0.608. The van der Waals surface area contributed by atoms with Crippen molar-refractivity contribution in [1.82, 2.24) is 9.55 Å². The van der Waals surface area contributed by atoms with E-state index in [2.05, 4.69) is 4.98 Å². The lowest BCUT2D eigenvalue weighted by Crippen LogP contribution is -2.32. The van der Waals surface area contributed by atoms with Crippen LogP contribution in [0.3, 0.4) is 0 Å². The van der Waals surface area contributed by atoms with Gasteiger partial charge in [-0.2, -0.15) is 0 Å². The van der Waals surface area contributed by atoms with E-state index < -0.39 is 24.1 Å². The van der Waals surface area contributed by atoms with Crippen LogP contribution in [0.15, 0.2) is 79.3 Å². The van der Waals surface area contributed by atoms with Crippen LogP contribution in [0.1, 0.15) is 44.5 Å². The second-order valence-corrected chi connectivity index (χ2v) is 8.80. The summed E-state index contributed by atoms with van der Waals surface area (Å²) in [6.45, 7) is 3.88. The van der Waals surface area contributed by atoms with Crippen molar-refractivity contribution in [3.8, 4) is 0 Å². The average molecular weight is 471 g/mol. The molecule has 3 heterocycles. The van der Waals surface area contributed by atoms with Gasteiger partial charge < -0.3 is 18.8 Å². The van der Waals surface area contributed by atoms with Crippen molar-refractivity contribution in [1.29, 1.82) is 0 Å². The van der Waals surface area contributed by atoms with Crippen LogP contribution in [-0.4, -0.2) is 40.3 Å². The summed E-state index contributed by atoms with van der Waals surface area (Å²) in [5.74, 6) is -0.881. The van der Waals surface area contributed by atoms with E-state index in [-0.39, 0.29) is 12.8 Å². The maximum absolute atomic E-state index is 12.9. The number of aromatic nitrogens is 2. The lowest BCUT2D eigenvalue weighted by Gasteiger charge is -2.19. The molecule has 2 aromatic heterocycles. The molecule has 7 heteroatoms. The second-order valence-electron chi connectivity index (χ2n) is 8.80. The predicted molar refractivity (Wildman–Crippen MR) is 130 cm³/mol. The normalized spacial score (nSPS) is 19.5. The molecule has 2 aromatic carbocycles. The molecule has 0 N–H and O–H groups in total. The van der Waals surface area contributed by atoms with E-state index >= 15 is 0 Å². The summed E-state index contributed by atoms with van der Waals surface area (Å²) < 4.78 is 19.7. The molecular formula is C28H26N2O5. The number of carbonyl (C=O) groups excluding carboxylic acids is 2. The van der Waals surface area contributed by atoms with Gasteiger partial charge in [0.25, 0.3) is 0 Å². The minimum absolute atomic E-state index is 0.0319. The van der Waals surface area contributed by atoms with Crippen LogP contribution >= 0.6 is 0 Å². The molecule has 7 nitrogen and oxygen atoms in total. The molecular weight excluding hydrogens is 444 g/mol. The van der Waals surface area contributed by atoms with Gasteiger partial charge in [-0.05, 0) is 50.2 Å². The van der Waals surface area contributed by atoms with Crippen LogP contribution in [0.25, 0.3) is 10.9 Å². The Bertz CT molecular complexity index is 1340. The molecule has 0 radical (unpaired) electrons. The Labute approximate surface area is 203 Å². The van der Waals surface area contributed by atoms with Gasteiger partial charge in [0.15, 0.2) is 0 Å². The van der Waals surface area contributed by atoms with E-state index in [4.69, 9.17) is 14.2 Å². The number of aryl methyl sites for hydroxylation is 2. The zero-order chi connectivity index (χ0) is 24.4. The van der Waals surface area contributed by atoms with Gasteiger partial charge in [-0.15, -0.1) is 0 Å². The summed E-state index contributed by atoms with van der Waals surface area (Å²) in [7, 11) is 0. The van der Waals surface area contributed by atoms with E-state index in [1.54, 1.807) is 36.7 Å². The molecule has 178 valence electrons. The highest BCUT2D eigenvalue weighted by molar-refractivity contribution is 5.90. The van der Waals surface area contributed by atoms with Crippen molar-refractivity contribution in [2.45, 2.75) is 38.7 Å². The Hall–Kier alpha value is -3.97. The fourth-order valence-electron chi connectivity index (χ4n) is 4.23. The van der Waals surface area contributed by atoms with Crippen LogP contribution in [0.4, 0.5) is 0 Å². The number of fused-ring (bicyclic) bond motifs is 1. The first-order valence-electron chi connectivity index (χ1n) is 11.6. The van der Waals surface area contributed by atoms with Crippen LogP contribution < -0.4 is 0 Å².